The zero-order chi connectivity index (χ0) is 19.2. The van der Waals surface area contributed by atoms with E-state index < -0.39 is 11.8 Å². The van der Waals surface area contributed by atoms with E-state index in [1.165, 1.54) is 18.5 Å². The summed E-state index contributed by atoms with van der Waals surface area (Å²) in [6.45, 7) is -0.252. The normalized spacial score (nSPS) is 10.9. The summed E-state index contributed by atoms with van der Waals surface area (Å²) in [4.78, 5) is 23.3. The molecule has 138 valence electrons. The van der Waals surface area contributed by atoms with E-state index >= 15 is 0 Å². The molecule has 9 heteroatoms. The Kier molecular flexibility index (Phi) is 5.95. The van der Waals surface area contributed by atoms with Crippen molar-refractivity contribution in [1.29, 1.82) is 0 Å². The molecule has 0 aliphatic heterocycles. The average molecular weight is 406 g/mol. The Balaban J connectivity index is 1.53. The Morgan fingerprint density at radius 1 is 1.15 bits per heavy atom. The van der Waals surface area contributed by atoms with Crippen molar-refractivity contribution in [3.8, 4) is 11.3 Å². The van der Waals surface area contributed by atoms with Crippen molar-refractivity contribution in [3.63, 3.8) is 0 Å². The summed E-state index contributed by atoms with van der Waals surface area (Å²) in [5.74, 6) is 0.0417. The van der Waals surface area contributed by atoms with Gasteiger partial charge in [0.25, 0.3) is 11.8 Å². The highest BCUT2D eigenvalue weighted by Gasteiger charge is 2.10. The van der Waals surface area contributed by atoms with Gasteiger partial charge in [-0.3, -0.25) is 9.59 Å². The van der Waals surface area contributed by atoms with Gasteiger partial charge in [0, 0.05) is 10.6 Å². The molecule has 0 saturated carbocycles. The molecule has 2 aromatic heterocycles. The first-order valence-corrected chi connectivity index (χ1v) is 8.47. The van der Waals surface area contributed by atoms with Crippen LogP contribution >= 0.6 is 23.2 Å². The van der Waals surface area contributed by atoms with Gasteiger partial charge in [-0.1, -0.05) is 23.2 Å². The molecule has 0 aliphatic rings. The molecule has 2 N–H and O–H groups in total. The molecule has 0 fully saturated rings. The van der Waals surface area contributed by atoms with Crippen LogP contribution in [0.25, 0.3) is 11.3 Å². The van der Waals surface area contributed by atoms with Crippen molar-refractivity contribution in [1.82, 2.24) is 10.7 Å². The van der Waals surface area contributed by atoms with Gasteiger partial charge in [0.05, 0.1) is 24.0 Å². The molecule has 7 nitrogen and oxygen atoms in total. The topological polar surface area (TPSA) is 96.8 Å². The van der Waals surface area contributed by atoms with Crippen LogP contribution in [0.15, 0.2) is 62.7 Å². The van der Waals surface area contributed by atoms with E-state index in [0.29, 0.717) is 27.1 Å². The Bertz CT molecular complexity index is 980. The third-order valence-electron chi connectivity index (χ3n) is 3.36. The van der Waals surface area contributed by atoms with Crippen LogP contribution < -0.4 is 10.7 Å². The highest BCUT2D eigenvalue weighted by Crippen LogP contribution is 2.31. The van der Waals surface area contributed by atoms with Crippen LogP contribution in [0.4, 0.5) is 0 Å². The summed E-state index contributed by atoms with van der Waals surface area (Å²) in [5.41, 5.74) is 2.93. The largest absolute Gasteiger partial charge is 0.459 e. The third kappa shape index (κ3) is 4.99. The van der Waals surface area contributed by atoms with Gasteiger partial charge in [0.2, 0.25) is 0 Å². The summed E-state index contributed by atoms with van der Waals surface area (Å²) < 4.78 is 10.5. The molecular weight excluding hydrogens is 393 g/mol. The third-order valence-corrected chi connectivity index (χ3v) is 3.92. The van der Waals surface area contributed by atoms with Gasteiger partial charge in [-0.25, -0.2) is 5.43 Å². The second-order valence-electron chi connectivity index (χ2n) is 5.28. The number of hydrogen-bond donors (Lipinski definition) is 2. The number of hydrazone groups is 1. The van der Waals surface area contributed by atoms with Crippen LogP contribution in [-0.2, 0) is 4.79 Å². The first kappa shape index (κ1) is 18.8. The monoisotopic (exact) mass is 405 g/mol. The molecule has 0 unspecified atom stereocenters. The summed E-state index contributed by atoms with van der Waals surface area (Å²) in [6, 6.07) is 11.5. The Labute approximate surface area is 163 Å². The van der Waals surface area contributed by atoms with E-state index in [2.05, 4.69) is 15.8 Å². The van der Waals surface area contributed by atoms with E-state index in [9.17, 15) is 9.59 Å². The molecule has 0 aliphatic carbocycles. The van der Waals surface area contributed by atoms with Gasteiger partial charge in [0.15, 0.2) is 5.76 Å². The van der Waals surface area contributed by atoms with E-state index in [1.807, 2.05) is 0 Å². The number of nitrogens with zero attached hydrogens (tertiary/aromatic N) is 1. The molecule has 27 heavy (non-hydrogen) atoms. The number of amides is 2. The minimum atomic E-state index is -0.504. The van der Waals surface area contributed by atoms with E-state index in [1.54, 1.807) is 36.4 Å². The lowest BCUT2D eigenvalue weighted by Gasteiger charge is -2.01. The number of rotatable bonds is 6. The van der Waals surface area contributed by atoms with Crippen molar-refractivity contribution in [2.45, 2.75) is 0 Å². The molecule has 2 heterocycles. The lowest BCUT2D eigenvalue weighted by molar-refractivity contribution is -0.120. The van der Waals surface area contributed by atoms with Gasteiger partial charge < -0.3 is 14.2 Å². The number of hydrogen-bond acceptors (Lipinski definition) is 5. The van der Waals surface area contributed by atoms with Crippen molar-refractivity contribution >= 4 is 41.2 Å². The van der Waals surface area contributed by atoms with Crippen LogP contribution in [0.1, 0.15) is 16.3 Å². The number of nitrogens with one attached hydrogen (secondary N) is 2. The Hall–Kier alpha value is -3.03. The number of carbonyl (C=O) groups is 2. The summed E-state index contributed by atoms with van der Waals surface area (Å²) in [7, 11) is 0. The van der Waals surface area contributed by atoms with Crippen LogP contribution in [-0.4, -0.2) is 24.6 Å². The van der Waals surface area contributed by atoms with Gasteiger partial charge in [0.1, 0.15) is 11.5 Å². The van der Waals surface area contributed by atoms with Crippen LogP contribution in [0, 0.1) is 0 Å². The molecule has 3 rings (SSSR count). The Morgan fingerprint density at radius 3 is 2.78 bits per heavy atom. The molecular formula is C18H13Cl2N3O4. The van der Waals surface area contributed by atoms with Crippen LogP contribution in [0.5, 0.6) is 0 Å². The lowest BCUT2D eigenvalue weighted by Crippen LogP contribution is -2.34. The number of carbonyl (C=O) groups excluding carboxylic acids is 2. The molecule has 0 radical (unpaired) electrons. The molecule has 3 aromatic rings. The van der Waals surface area contributed by atoms with Gasteiger partial charge in [-0.05, 0) is 42.5 Å². The van der Waals surface area contributed by atoms with Crippen molar-refractivity contribution in [2.24, 2.45) is 5.10 Å². The minimum Gasteiger partial charge on any atom is -0.459 e. The maximum atomic E-state index is 11.7. The first-order chi connectivity index (χ1) is 13.0. The molecule has 0 bridgehead atoms. The second-order valence-corrected chi connectivity index (χ2v) is 6.12. The second kappa shape index (κ2) is 8.57. The summed E-state index contributed by atoms with van der Waals surface area (Å²) >= 11 is 12.1. The van der Waals surface area contributed by atoms with Gasteiger partial charge in [-0.2, -0.15) is 5.10 Å². The molecule has 2 amide bonds. The number of furan rings is 2. The molecule has 1 aromatic carbocycles. The Morgan fingerprint density at radius 2 is 2.00 bits per heavy atom. The first-order valence-electron chi connectivity index (χ1n) is 7.72. The van der Waals surface area contributed by atoms with Crippen molar-refractivity contribution in [3.05, 3.63) is 70.3 Å². The van der Waals surface area contributed by atoms with Crippen molar-refractivity contribution < 1.29 is 18.4 Å². The maximum Gasteiger partial charge on any atom is 0.287 e. The fraction of sp³-hybridized carbons (Fsp3) is 0.0556. The van der Waals surface area contributed by atoms with Crippen LogP contribution in [0.2, 0.25) is 10.0 Å². The number of benzene rings is 1. The standard InChI is InChI=1S/C18H13Cl2N3O4/c19-11-3-5-14(20)13(8-11)15-6-4-12(27-15)9-22-23-17(24)10-21-18(25)16-2-1-7-26-16/h1-9H,10H2,(H,21,25)(H,23,24)/b22-9+. The maximum absolute atomic E-state index is 11.7. The predicted molar refractivity (Wildman–Crippen MR) is 101 cm³/mol. The highest BCUT2D eigenvalue weighted by atomic mass is 35.5. The SMILES string of the molecule is O=C(CNC(=O)c1ccco1)N/N=C/c1ccc(-c2cc(Cl)ccc2Cl)o1. The fourth-order valence-electron chi connectivity index (χ4n) is 2.12. The lowest BCUT2D eigenvalue weighted by atomic mass is 10.2. The summed E-state index contributed by atoms with van der Waals surface area (Å²) in [6.07, 6.45) is 2.70. The predicted octanol–water partition coefficient (Wildman–Crippen LogP) is 3.73. The molecule has 0 saturated heterocycles. The smallest absolute Gasteiger partial charge is 0.287 e. The fourth-order valence-corrected chi connectivity index (χ4v) is 2.50. The zero-order valence-corrected chi connectivity index (χ0v) is 15.3. The van der Waals surface area contributed by atoms with E-state index in [0.717, 1.165) is 0 Å². The quantitative estimate of drug-likeness (QED) is 0.482. The zero-order valence-electron chi connectivity index (χ0n) is 13.7. The minimum absolute atomic E-state index is 0.120. The van der Waals surface area contributed by atoms with Crippen molar-refractivity contribution in [2.75, 3.05) is 6.54 Å². The highest BCUT2D eigenvalue weighted by molar-refractivity contribution is 6.35. The van der Waals surface area contributed by atoms with Gasteiger partial charge in [-0.15, -0.1) is 0 Å². The van der Waals surface area contributed by atoms with E-state index in [4.69, 9.17) is 32.0 Å². The van der Waals surface area contributed by atoms with E-state index in [-0.39, 0.29) is 12.3 Å². The number of halogens is 2. The van der Waals surface area contributed by atoms with Gasteiger partial charge >= 0.3 is 0 Å². The van der Waals surface area contributed by atoms with Crippen LogP contribution in [0.3, 0.4) is 0 Å². The average Bonchev–Trinajstić information content (AvgIpc) is 3.34. The molecule has 0 spiro atoms. The molecule has 0 atom stereocenters. The summed E-state index contributed by atoms with van der Waals surface area (Å²) in [5, 5.41) is 7.21.